The Bertz CT molecular complexity index is 1620. The fraction of sp³-hybridized carbons (Fsp3) is 0.387. The fourth-order valence-corrected chi connectivity index (χ4v) is 6.11. The Morgan fingerprint density at radius 3 is 2.56 bits per heavy atom. The Kier molecular flexibility index (Phi) is 6.60. The van der Waals surface area contributed by atoms with Crippen molar-refractivity contribution in [3.05, 3.63) is 76.2 Å². The number of tetrazole rings is 1. The summed E-state index contributed by atoms with van der Waals surface area (Å²) in [5, 5.41) is 35.4. The van der Waals surface area contributed by atoms with Gasteiger partial charge in [-0.05, 0) is 116 Å². The van der Waals surface area contributed by atoms with E-state index in [2.05, 4.69) is 25.7 Å². The van der Waals surface area contributed by atoms with Crippen molar-refractivity contribution in [2.45, 2.75) is 71.1 Å². The highest BCUT2D eigenvalue weighted by Crippen LogP contribution is 2.48. The summed E-state index contributed by atoms with van der Waals surface area (Å²) in [6.07, 6.45) is 3.84. The molecule has 3 atom stereocenters. The lowest BCUT2D eigenvalue weighted by atomic mass is 9.89. The number of aliphatic hydroxyl groups is 1. The maximum atomic E-state index is 15.3. The Hall–Kier alpha value is -4.18. The van der Waals surface area contributed by atoms with Gasteiger partial charge < -0.3 is 15.5 Å². The van der Waals surface area contributed by atoms with Crippen molar-refractivity contribution in [3.8, 4) is 22.5 Å². The molecule has 0 radical (unpaired) electrons. The van der Waals surface area contributed by atoms with Crippen LogP contribution in [-0.4, -0.2) is 47.0 Å². The van der Waals surface area contributed by atoms with Crippen LogP contribution in [0.4, 0.5) is 10.2 Å². The molecule has 2 aromatic carbocycles. The van der Waals surface area contributed by atoms with Crippen LogP contribution in [0.5, 0.6) is 0 Å². The molecule has 9 nitrogen and oxygen atoms in total. The number of halogens is 1. The third-order valence-corrected chi connectivity index (χ3v) is 8.02. The van der Waals surface area contributed by atoms with Gasteiger partial charge in [0.25, 0.3) is 0 Å². The number of carboxylic acids is 1. The van der Waals surface area contributed by atoms with Gasteiger partial charge in [-0.15, -0.1) is 10.2 Å². The minimum Gasteiger partial charge on any atom is -0.481 e. The molecular formula is C31H33FN6O3. The molecule has 2 aliphatic rings. The number of aryl methyl sites for hydroxylation is 2. The smallest absolute Gasteiger partial charge is 0.307 e. The fourth-order valence-electron chi connectivity index (χ4n) is 6.11. The first-order chi connectivity index (χ1) is 19.5. The molecule has 6 rings (SSSR count). The molecule has 10 heteroatoms. The van der Waals surface area contributed by atoms with Crippen LogP contribution in [0.25, 0.3) is 22.5 Å². The average molecular weight is 557 g/mol. The molecule has 0 bridgehead atoms. The number of pyridine rings is 1. The number of carboxylic acid groups (broad SMARTS) is 1. The van der Waals surface area contributed by atoms with E-state index in [9.17, 15) is 15.0 Å². The summed E-state index contributed by atoms with van der Waals surface area (Å²) in [5.74, 6) is -0.177. The molecule has 0 amide bonds. The highest BCUT2D eigenvalue weighted by atomic mass is 19.1. The van der Waals surface area contributed by atoms with Gasteiger partial charge in [-0.25, -0.2) is 9.37 Å². The van der Waals surface area contributed by atoms with Crippen LogP contribution in [0, 0.1) is 25.6 Å². The summed E-state index contributed by atoms with van der Waals surface area (Å²) in [6, 6.07) is 11.0. The molecule has 0 aliphatic heterocycles. The number of anilines is 1. The van der Waals surface area contributed by atoms with Crippen molar-refractivity contribution in [1.29, 1.82) is 0 Å². The van der Waals surface area contributed by atoms with E-state index < -0.39 is 11.6 Å². The number of aromatic nitrogens is 5. The van der Waals surface area contributed by atoms with Gasteiger partial charge >= 0.3 is 5.97 Å². The van der Waals surface area contributed by atoms with E-state index in [1.165, 1.54) is 4.80 Å². The monoisotopic (exact) mass is 556 g/mol. The number of fused-ring (bicyclic) bond motifs is 1. The second-order valence-electron chi connectivity index (χ2n) is 11.9. The molecule has 0 unspecified atom stereocenters. The Morgan fingerprint density at radius 2 is 1.93 bits per heavy atom. The van der Waals surface area contributed by atoms with E-state index in [-0.39, 0.29) is 30.2 Å². The van der Waals surface area contributed by atoms with Crippen LogP contribution in [0.1, 0.15) is 66.5 Å². The SMILES string of the molecule is Cc1cc(-c2nnn(CC(C)(C)O)n2)cc(C)c1-c1ccc(F)c2c1CC[C@H]2Nc1ccc([C@@H]2C[C@H]2C(=O)O)cn1. The van der Waals surface area contributed by atoms with E-state index in [4.69, 9.17) is 0 Å². The Labute approximate surface area is 237 Å². The lowest BCUT2D eigenvalue weighted by Crippen LogP contribution is -2.27. The molecule has 1 fully saturated rings. The van der Waals surface area contributed by atoms with E-state index >= 15 is 4.39 Å². The molecule has 2 aliphatic carbocycles. The Morgan fingerprint density at radius 1 is 1.17 bits per heavy atom. The normalized spacial score (nSPS) is 19.7. The lowest BCUT2D eigenvalue weighted by molar-refractivity contribution is -0.138. The van der Waals surface area contributed by atoms with Crippen molar-refractivity contribution >= 4 is 11.8 Å². The number of rotatable bonds is 8. The first-order valence-electron chi connectivity index (χ1n) is 13.9. The third kappa shape index (κ3) is 5.31. The molecule has 0 saturated heterocycles. The van der Waals surface area contributed by atoms with Gasteiger partial charge in [0.05, 0.1) is 24.1 Å². The van der Waals surface area contributed by atoms with Crippen LogP contribution in [0.15, 0.2) is 42.6 Å². The van der Waals surface area contributed by atoms with Crippen LogP contribution >= 0.6 is 0 Å². The maximum Gasteiger partial charge on any atom is 0.307 e. The highest BCUT2D eigenvalue weighted by Gasteiger charge is 2.44. The second-order valence-corrected chi connectivity index (χ2v) is 11.9. The summed E-state index contributed by atoms with van der Waals surface area (Å²) >= 11 is 0. The van der Waals surface area contributed by atoms with Crippen LogP contribution in [0.2, 0.25) is 0 Å². The number of benzene rings is 2. The number of aliphatic carboxylic acids is 1. The minimum absolute atomic E-state index is 0.0227. The zero-order valence-electron chi connectivity index (χ0n) is 23.5. The molecule has 2 heterocycles. The molecule has 41 heavy (non-hydrogen) atoms. The van der Waals surface area contributed by atoms with Crippen molar-refractivity contribution in [3.63, 3.8) is 0 Å². The third-order valence-electron chi connectivity index (χ3n) is 8.02. The molecule has 1 saturated carbocycles. The topological polar surface area (TPSA) is 126 Å². The van der Waals surface area contributed by atoms with Gasteiger partial charge in [0.1, 0.15) is 11.6 Å². The number of carbonyl (C=O) groups is 1. The van der Waals surface area contributed by atoms with E-state index in [1.807, 2.05) is 44.2 Å². The molecule has 212 valence electrons. The molecule has 3 N–H and O–H groups in total. The van der Waals surface area contributed by atoms with Gasteiger partial charge in [0, 0.05) is 17.3 Å². The van der Waals surface area contributed by atoms with Gasteiger partial charge in [-0.1, -0.05) is 12.1 Å². The zero-order chi connectivity index (χ0) is 29.1. The van der Waals surface area contributed by atoms with Crippen molar-refractivity contribution in [1.82, 2.24) is 25.2 Å². The van der Waals surface area contributed by atoms with Crippen molar-refractivity contribution < 1.29 is 19.4 Å². The summed E-state index contributed by atoms with van der Waals surface area (Å²) in [4.78, 5) is 17.1. The van der Waals surface area contributed by atoms with Crippen LogP contribution in [0.3, 0.4) is 0 Å². The van der Waals surface area contributed by atoms with E-state index in [0.717, 1.165) is 51.8 Å². The van der Waals surface area contributed by atoms with E-state index in [0.29, 0.717) is 23.6 Å². The average Bonchev–Trinajstić information content (AvgIpc) is 3.40. The number of hydrogen-bond acceptors (Lipinski definition) is 7. The minimum atomic E-state index is -0.953. The second kappa shape index (κ2) is 10.0. The standard InChI is InChI=1S/C31H33FN6O3/c1-16-11-19(29-35-37-38(36-29)15-31(3,4)41)12-17(2)27(16)20-6-8-24(32)28-21(20)7-9-25(28)34-26-10-5-18(14-33-26)22-13-23(22)30(39)40/h5-6,8,10-12,14,22-23,25,41H,7,9,13,15H2,1-4H3,(H,33,34)(H,39,40)/t22-,23+,25+/m0/s1. The predicted octanol–water partition coefficient (Wildman–Crippen LogP) is 5.22. The zero-order valence-corrected chi connectivity index (χ0v) is 23.5. The summed E-state index contributed by atoms with van der Waals surface area (Å²) < 4.78 is 15.3. The number of hydrogen-bond donors (Lipinski definition) is 3. The van der Waals surface area contributed by atoms with Crippen molar-refractivity contribution in [2.75, 3.05) is 5.32 Å². The largest absolute Gasteiger partial charge is 0.481 e. The molecular weight excluding hydrogens is 523 g/mol. The quantitative estimate of drug-likeness (QED) is 0.270. The van der Waals surface area contributed by atoms with Gasteiger partial charge in [-0.3, -0.25) is 4.79 Å². The van der Waals surface area contributed by atoms with Gasteiger partial charge in [0.15, 0.2) is 0 Å². The lowest BCUT2D eigenvalue weighted by Gasteiger charge is -2.19. The number of nitrogens with one attached hydrogen (secondary N) is 1. The van der Waals surface area contributed by atoms with Gasteiger partial charge in [0.2, 0.25) is 5.82 Å². The van der Waals surface area contributed by atoms with Gasteiger partial charge in [-0.2, -0.15) is 4.80 Å². The first-order valence-corrected chi connectivity index (χ1v) is 13.9. The van der Waals surface area contributed by atoms with Crippen molar-refractivity contribution in [2.24, 2.45) is 5.92 Å². The molecule has 4 aromatic rings. The van der Waals surface area contributed by atoms with E-state index in [1.54, 1.807) is 26.1 Å². The van der Waals surface area contributed by atoms with Crippen LogP contribution in [-0.2, 0) is 17.8 Å². The molecule has 2 aromatic heterocycles. The predicted molar refractivity (Wildman–Crippen MR) is 152 cm³/mol. The maximum absolute atomic E-state index is 15.3. The Balaban J connectivity index is 1.26. The van der Waals surface area contributed by atoms with Crippen LogP contribution < -0.4 is 5.32 Å². The number of nitrogens with zero attached hydrogens (tertiary/aromatic N) is 5. The summed E-state index contributed by atoms with van der Waals surface area (Å²) in [7, 11) is 0. The summed E-state index contributed by atoms with van der Waals surface area (Å²) in [5.41, 5.74) is 6.60. The highest BCUT2D eigenvalue weighted by molar-refractivity contribution is 5.79. The summed E-state index contributed by atoms with van der Waals surface area (Å²) in [6.45, 7) is 7.69. The molecule has 0 spiro atoms. The first kappa shape index (κ1) is 27.0.